The summed E-state index contributed by atoms with van der Waals surface area (Å²) in [7, 11) is 0. The summed E-state index contributed by atoms with van der Waals surface area (Å²) < 4.78 is 1.38. The van der Waals surface area contributed by atoms with E-state index < -0.39 is 0 Å². The van der Waals surface area contributed by atoms with Crippen LogP contribution in [0.15, 0.2) is 29.6 Å². The van der Waals surface area contributed by atoms with Gasteiger partial charge in [-0.2, -0.15) is 0 Å². The Labute approximate surface area is 107 Å². The molecule has 0 radical (unpaired) electrons. The highest BCUT2D eigenvalue weighted by atomic mass is 32.1. The summed E-state index contributed by atoms with van der Waals surface area (Å²) in [6.45, 7) is 5.92. The standard InChI is InChI=1S/C14H20N2S/c1-14(2,10-15)16-8-7-11-9-17-13-6-4-3-5-12(11)13/h3-6,9,16H,7-8,10,15H2,1-2H3. The molecule has 0 amide bonds. The lowest BCUT2D eigenvalue weighted by molar-refractivity contribution is 0.402. The molecule has 0 spiro atoms. The van der Waals surface area contributed by atoms with Crippen molar-refractivity contribution in [2.45, 2.75) is 25.8 Å². The topological polar surface area (TPSA) is 38.0 Å². The number of fused-ring (bicyclic) bond motifs is 1. The molecule has 0 fully saturated rings. The summed E-state index contributed by atoms with van der Waals surface area (Å²) in [5.41, 5.74) is 7.17. The second kappa shape index (κ2) is 5.17. The molecule has 3 heteroatoms. The minimum Gasteiger partial charge on any atom is -0.329 e. The molecule has 2 aromatic rings. The van der Waals surface area contributed by atoms with Crippen LogP contribution in [0.5, 0.6) is 0 Å². The molecule has 0 aliphatic rings. The van der Waals surface area contributed by atoms with E-state index in [9.17, 15) is 0 Å². The lowest BCUT2D eigenvalue weighted by atomic mass is 10.1. The molecule has 1 aromatic carbocycles. The van der Waals surface area contributed by atoms with E-state index in [1.165, 1.54) is 15.6 Å². The van der Waals surface area contributed by atoms with Crippen molar-refractivity contribution < 1.29 is 0 Å². The summed E-state index contributed by atoms with van der Waals surface area (Å²) in [5.74, 6) is 0. The van der Waals surface area contributed by atoms with Crippen LogP contribution in [0.1, 0.15) is 19.4 Å². The molecule has 1 aromatic heterocycles. The van der Waals surface area contributed by atoms with Crippen LogP contribution in [0.25, 0.3) is 10.1 Å². The first-order valence-electron chi connectivity index (χ1n) is 6.02. The zero-order chi connectivity index (χ0) is 12.3. The maximum absolute atomic E-state index is 5.70. The van der Waals surface area contributed by atoms with Crippen LogP contribution >= 0.6 is 11.3 Å². The molecule has 17 heavy (non-hydrogen) atoms. The monoisotopic (exact) mass is 248 g/mol. The van der Waals surface area contributed by atoms with E-state index in [1.54, 1.807) is 0 Å². The van der Waals surface area contributed by atoms with Crippen molar-refractivity contribution in [2.75, 3.05) is 13.1 Å². The van der Waals surface area contributed by atoms with Gasteiger partial charge in [-0.25, -0.2) is 0 Å². The summed E-state index contributed by atoms with van der Waals surface area (Å²) in [6.07, 6.45) is 1.06. The van der Waals surface area contributed by atoms with Crippen molar-refractivity contribution in [1.29, 1.82) is 0 Å². The lowest BCUT2D eigenvalue weighted by Crippen LogP contribution is -2.46. The van der Waals surface area contributed by atoms with Crippen LogP contribution in [-0.2, 0) is 6.42 Å². The van der Waals surface area contributed by atoms with Crippen LogP contribution < -0.4 is 11.1 Å². The fourth-order valence-corrected chi connectivity index (χ4v) is 2.83. The highest BCUT2D eigenvalue weighted by molar-refractivity contribution is 7.17. The third kappa shape index (κ3) is 3.06. The Kier molecular flexibility index (Phi) is 3.82. The van der Waals surface area contributed by atoms with Crippen molar-refractivity contribution in [3.8, 4) is 0 Å². The Morgan fingerprint density at radius 2 is 2.06 bits per heavy atom. The largest absolute Gasteiger partial charge is 0.329 e. The summed E-state index contributed by atoms with van der Waals surface area (Å²) in [4.78, 5) is 0. The van der Waals surface area contributed by atoms with E-state index in [1.807, 2.05) is 11.3 Å². The highest BCUT2D eigenvalue weighted by Crippen LogP contribution is 2.25. The molecule has 0 saturated heterocycles. The average molecular weight is 248 g/mol. The van der Waals surface area contributed by atoms with E-state index >= 15 is 0 Å². The first-order valence-corrected chi connectivity index (χ1v) is 6.90. The van der Waals surface area contributed by atoms with Gasteiger partial charge >= 0.3 is 0 Å². The zero-order valence-corrected chi connectivity index (χ0v) is 11.3. The summed E-state index contributed by atoms with van der Waals surface area (Å²) >= 11 is 1.83. The molecule has 0 unspecified atom stereocenters. The maximum Gasteiger partial charge on any atom is 0.0345 e. The molecule has 3 N–H and O–H groups in total. The van der Waals surface area contributed by atoms with Gasteiger partial charge in [-0.15, -0.1) is 11.3 Å². The third-order valence-electron chi connectivity index (χ3n) is 3.07. The predicted octanol–water partition coefficient (Wildman–Crippen LogP) is 2.77. The number of nitrogens with two attached hydrogens (primary N) is 1. The first kappa shape index (κ1) is 12.6. The van der Waals surface area contributed by atoms with Gasteiger partial charge in [0.1, 0.15) is 0 Å². The Balaban J connectivity index is 2.00. The van der Waals surface area contributed by atoms with Crippen LogP contribution in [0.3, 0.4) is 0 Å². The molecule has 2 rings (SSSR count). The van der Waals surface area contributed by atoms with Crippen LogP contribution in [0.4, 0.5) is 0 Å². The fourth-order valence-electron chi connectivity index (χ4n) is 1.83. The highest BCUT2D eigenvalue weighted by Gasteiger charge is 2.13. The van der Waals surface area contributed by atoms with E-state index in [-0.39, 0.29) is 5.54 Å². The molecule has 2 nitrogen and oxygen atoms in total. The van der Waals surface area contributed by atoms with Gasteiger partial charge < -0.3 is 11.1 Å². The molecule has 92 valence electrons. The van der Waals surface area contributed by atoms with Gasteiger partial charge in [0.2, 0.25) is 0 Å². The van der Waals surface area contributed by atoms with E-state index in [2.05, 4.69) is 48.8 Å². The smallest absolute Gasteiger partial charge is 0.0345 e. The van der Waals surface area contributed by atoms with Crippen molar-refractivity contribution in [3.63, 3.8) is 0 Å². The molecule has 0 atom stereocenters. The van der Waals surface area contributed by atoms with Gasteiger partial charge in [-0.1, -0.05) is 18.2 Å². The Morgan fingerprint density at radius 1 is 1.29 bits per heavy atom. The van der Waals surface area contributed by atoms with E-state index in [0.29, 0.717) is 6.54 Å². The number of thiophene rings is 1. The van der Waals surface area contributed by atoms with Gasteiger partial charge in [0.15, 0.2) is 0 Å². The number of hydrogen-bond acceptors (Lipinski definition) is 3. The molecule has 1 heterocycles. The first-order chi connectivity index (χ1) is 8.12. The second-order valence-corrected chi connectivity index (χ2v) is 5.93. The quantitative estimate of drug-likeness (QED) is 0.854. The third-order valence-corrected chi connectivity index (χ3v) is 4.08. The molecule has 0 saturated carbocycles. The van der Waals surface area contributed by atoms with E-state index in [4.69, 9.17) is 5.73 Å². The SMILES string of the molecule is CC(C)(CN)NCCc1csc2ccccc12. The molecule has 0 aliphatic heterocycles. The Morgan fingerprint density at radius 3 is 2.82 bits per heavy atom. The fraction of sp³-hybridized carbons (Fsp3) is 0.429. The lowest BCUT2D eigenvalue weighted by Gasteiger charge is -2.24. The summed E-state index contributed by atoms with van der Waals surface area (Å²) in [6, 6.07) is 8.59. The number of benzene rings is 1. The molecular formula is C14H20N2S. The zero-order valence-electron chi connectivity index (χ0n) is 10.5. The van der Waals surface area contributed by atoms with Crippen molar-refractivity contribution in [3.05, 3.63) is 35.2 Å². The van der Waals surface area contributed by atoms with Gasteiger partial charge in [-0.05, 0) is 49.2 Å². The number of hydrogen-bond donors (Lipinski definition) is 2. The maximum atomic E-state index is 5.70. The Hall–Kier alpha value is -0.900. The van der Waals surface area contributed by atoms with Gasteiger partial charge in [0.05, 0.1) is 0 Å². The van der Waals surface area contributed by atoms with E-state index in [0.717, 1.165) is 13.0 Å². The minimum atomic E-state index is 0.0336. The van der Waals surface area contributed by atoms with Crippen LogP contribution in [0.2, 0.25) is 0 Å². The predicted molar refractivity (Wildman–Crippen MR) is 76.7 cm³/mol. The Bertz CT molecular complexity index is 488. The second-order valence-electron chi connectivity index (χ2n) is 5.02. The molecular weight excluding hydrogens is 228 g/mol. The minimum absolute atomic E-state index is 0.0336. The summed E-state index contributed by atoms with van der Waals surface area (Å²) in [5, 5.41) is 7.15. The van der Waals surface area contributed by atoms with Gasteiger partial charge in [-0.3, -0.25) is 0 Å². The van der Waals surface area contributed by atoms with Crippen molar-refractivity contribution >= 4 is 21.4 Å². The molecule has 0 aliphatic carbocycles. The number of nitrogens with one attached hydrogen (secondary N) is 1. The van der Waals surface area contributed by atoms with Gasteiger partial charge in [0.25, 0.3) is 0 Å². The normalized spacial score (nSPS) is 12.2. The van der Waals surface area contributed by atoms with Crippen LogP contribution in [0, 0.1) is 0 Å². The van der Waals surface area contributed by atoms with Crippen molar-refractivity contribution in [1.82, 2.24) is 5.32 Å². The van der Waals surface area contributed by atoms with Crippen LogP contribution in [-0.4, -0.2) is 18.6 Å². The van der Waals surface area contributed by atoms with Gasteiger partial charge in [0, 0.05) is 16.8 Å². The average Bonchev–Trinajstić information content (AvgIpc) is 2.73. The van der Waals surface area contributed by atoms with Crippen molar-refractivity contribution in [2.24, 2.45) is 5.73 Å². The number of rotatable bonds is 5. The molecule has 0 bridgehead atoms.